The van der Waals surface area contributed by atoms with Crippen LogP contribution in [0.4, 0.5) is 5.69 Å². The molecular weight excluding hydrogens is 336 g/mol. The van der Waals surface area contributed by atoms with Crippen molar-refractivity contribution in [1.82, 2.24) is 4.72 Å². The molecule has 0 aliphatic rings. The minimum atomic E-state index is -3.94. The number of sulfonamides is 1. The van der Waals surface area contributed by atoms with E-state index in [1.54, 1.807) is 12.1 Å². The lowest BCUT2D eigenvalue weighted by molar-refractivity contribution is -0.135. The number of anilines is 1. The molecule has 0 aliphatic carbocycles. The topological polar surface area (TPSA) is 133 Å². The lowest BCUT2D eigenvalue weighted by Crippen LogP contribution is -2.29. The Morgan fingerprint density at radius 2 is 1.62 bits per heavy atom. The van der Waals surface area contributed by atoms with E-state index >= 15 is 0 Å². The van der Waals surface area contributed by atoms with Gasteiger partial charge in [-0.25, -0.2) is 8.42 Å². The van der Waals surface area contributed by atoms with Gasteiger partial charge in [0.1, 0.15) is 12.3 Å². The van der Waals surface area contributed by atoms with Gasteiger partial charge in [0.15, 0.2) is 0 Å². The molecule has 0 aromatic heterocycles. The summed E-state index contributed by atoms with van der Waals surface area (Å²) in [6, 6.07) is 11.2. The van der Waals surface area contributed by atoms with Crippen molar-refractivity contribution in [3.05, 3.63) is 54.1 Å². The van der Waals surface area contributed by atoms with Crippen molar-refractivity contribution >= 4 is 27.6 Å². The minimum Gasteiger partial charge on any atom is -0.507 e. The van der Waals surface area contributed by atoms with Crippen LogP contribution in [-0.4, -0.2) is 37.1 Å². The lowest BCUT2D eigenvalue weighted by atomic mass is 10.2. The summed E-state index contributed by atoms with van der Waals surface area (Å²) in [6.07, 6.45) is 0. The highest BCUT2D eigenvalue weighted by atomic mass is 32.2. The number of benzene rings is 2. The molecule has 1 amide bonds. The van der Waals surface area contributed by atoms with E-state index in [1.165, 1.54) is 36.4 Å². The summed E-state index contributed by atoms with van der Waals surface area (Å²) >= 11 is 0. The van der Waals surface area contributed by atoms with Crippen molar-refractivity contribution in [1.29, 1.82) is 0 Å². The Hall–Kier alpha value is -2.91. The number of carboxylic acids is 1. The lowest BCUT2D eigenvalue weighted by Gasteiger charge is -2.08. The first-order chi connectivity index (χ1) is 11.3. The number of hydrogen-bond donors (Lipinski definition) is 4. The fraction of sp³-hybridized carbons (Fsp3) is 0.0667. The van der Waals surface area contributed by atoms with E-state index in [2.05, 4.69) is 5.32 Å². The SMILES string of the molecule is O=C(O)CNS(=O)(=O)c1ccc(NC(=O)c2ccccc2O)cc1. The molecule has 24 heavy (non-hydrogen) atoms. The van der Waals surface area contributed by atoms with Crippen LogP contribution in [0, 0.1) is 0 Å². The second-order valence-corrected chi connectivity index (χ2v) is 6.48. The normalized spacial score (nSPS) is 11.0. The number of rotatable bonds is 6. The van der Waals surface area contributed by atoms with E-state index < -0.39 is 28.4 Å². The van der Waals surface area contributed by atoms with Crippen LogP contribution < -0.4 is 10.0 Å². The maximum absolute atomic E-state index is 12.0. The summed E-state index contributed by atoms with van der Waals surface area (Å²) in [4.78, 5) is 22.3. The van der Waals surface area contributed by atoms with Gasteiger partial charge >= 0.3 is 5.97 Å². The highest BCUT2D eigenvalue weighted by Gasteiger charge is 2.16. The van der Waals surface area contributed by atoms with Crippen molar-refractivity contribution in [2.45, 2.75) is 4.90 Å². The standard InChI is InChI=1S/C15H14N2O6S/c18-13-4-2-1-3-12(13)15(21)17-10-5-7-11(8-6-10)24(22,23)16-9-14(19)20/h1-8,16,18H,9H2,(H,17,21)(H,19,20). The first kappa shape index (κ1) is 17.4. The number of para-hydroxylation sites is 1. The summed E-state index contributed by atoms with van der Waals surface area (Å²) in [5, 5.41) is 20.6. The number of phenolic OH excluding ortho intramolecular Hbond substituents is 1. The molecule has 0 unspecified atom stereocenters. The third-order valence-corrected chi connectivity index (χ3v) is 4.40. The van der Waals surface area contributed by atoms with Gasteiger partial charge in [-0.2, -0.15) is 4.72 Å². The van der Waals surface area contributed by atoms with Gasteiger partial charge in [-0.3, -0.25) is 9.59 Å². The molecule has 0 spiro atoms. The first-order valence-corrected chi connectivity index (χ1v) is 8.19. The first-order valence-electron chi connectivity index (χ1n) is 6.70. The van der Waals surface area contributed by atoms with E-state index in [9.17, 15) is 23.1 Å². The molecule has 9 heteroatoms. The van der Waals surface area contributed by atoms with Crippen LogP contribution in [0.15, 0.2) is 53.4 Å². The van der Waals surface area contributed by atoms with Crippen LogP contribution in [0.2, 0.25) is 0 Å². The fourth-order valence-corrected chi connectivity index (χ4v) is 2.80. The molecule has 0 saturated carbocycles. The van der Waals surface area contributed by atoms with Crippen LogP contribution in [0.1, 0.15) is 10.4 Å². The van der Waals surface area contributed by atoms with E-state index in [0.29, 0.717) is 5.69 Å². The van der Waals surface area contributed by atoms with Crippen molar-refractivity contribution in [3.8, 4) is 5.75 Å². The van der Waals surface area contributed by atoms with Gasteiger partial charge in [0.25, 0.3) is 5.91 Å². The number of carboxylic acid groups (broad SMARTS) is 1. The molecule has 8 nitrogen and oxygen atoms in total. The Bertz CT molecular complexity index is 862. The second-order valence-electron chi connectivity index (χ2n) is 4.71. The van der Waals surface area contributed by atoms with Crippen molar-refractivity contribution in [2.75, 3.05) is 11.9 Å². The maximum Gasteiger partial charge on any atom is 0.318 e. The molecule has 2 rings (SSSR count). The zero-order valence-corrected chi connectivity index (χ0v) is 13.1. The van der Waals surface area contributed by atoms with Crippen LogP contribution >= 0.6 is 0 Å². The number of carbonyl (C=O) groups excluding carboxylic acids is 1. The van der Waals surface area contributed by atoms with Crippen molar-refractivity contribution in [3.63, 3.8) is 0 Å². The second kappa shape index (κ2) is 7.11. The van der Waals surface area contributed by atoms with E-state index in [-0.39, 0.29) is 16.2 Å². The highest BCUT2D eigenvalue weighted by molar-refractivity contribution is 7.89. The molecule has 4 N–H and O–H groups in total. The summed E-state index contributed by atoms with van der Waals surface area (Å²) in [5.74, 6) is -2.02. The van der Waals surface area contributed by atoms with Gasteiger partial charge in [-0.15, -0.1) is 0 Å². The summed E-state index contributed by atoms with van der Waals surface area (Å²) < 4.78 is 25.6. The number of aliphatic carboxylic acids is 1. The van der Waals surface area contributed by atoms with Crippen LogP contribution in [0.25, 0.3) is 0 Å². The van der Waals surface area contributed by atoms with Crippen LogP contribution in [0.5, 0.6) is 5.75 Å². The van der Waals surface area contributed by atoms with E-state index in [4.69, 9.17) is 5.11 Å². The quantitative estimate of drug-likeness (QED) is 0.614. The molecule has 2 aromatic carbocycles. The molecule has 0 bridgehead atoms. The molecule has 0 aliphatic heterocycles. The number of nitrogens with one attached hydrogen (secondary N) is 2. The predicted molar refractivity (Wildman–Crippen MR) is 85.3 cm³/mol. The largest absolute Gasteiger partial charge is 0.507 e. The smallest absolute Gasteiger partial charge is 0.318 e. The average molecular weight is 350 g/mol. The number of aromatic hydroxyl groups is 1. The third kappa shape index (κ3) is 4.31. The molecule has 0 radical (unpaired) electrons. The zero-order valence-electron chi connectivity index (χ0n) is 12.3. The Balaban J connectivity index is 2.11. The number of carbonyl (C=O) groups is 2. The Labute approximate surface area is 137 Å². The van der Waals surface area contributed by atoms with E-state index in [0.717, 1.165) is 0 Å². The Morgan fingerprint density at radius 1 is 1.00 bits per heavy atom. The van der Waals surface area contributed by atoms with Gasteiger partial charge in [0, 0.05) is 5.69 Å². The molecule has 0 fully saturated rings. The van der Waals surface area contributed by atoms with Gasteiger partial charge in [-0.1, -0.05) is 12.1 Å². The number of amides is 1. The molecule has 0 heterocycles. The van der Waals surface area contributed by atoms with Crippen molar-refractivity contribution < 1.29 is 28.2 Å². The van der Waals surface area contributed by atoms with Gasteiger partial charge < -0.3 is 15.5 Å². The highest BCUT2D eigenvalue weighted by Crippen LogP contribution is 2.19. The molecule has 2 aromatic rings. The van der Waals surface area contributed by atoms with Crippen LogP contribution in [-0.2, 0) is 14.8 Å². The fourth-order valence-electron chi connectivity index (χ4n) is 1.82. The minimum absolute atomic E-state index is 0.0809. The van der Waals surface area contributed by atoms with Crippen molar-refractivity contribution in [2.24, 2.45) is 0 Å². The monoisotopic (exact) mass is 350 g/mol. The third-order valence-electron chi connectivity index (χ3n) is 2.98. The van der Waals surface area contributed by atoms with E-state index in [1.807, 2.05) is 4.72 Å². The zero-order chi connectivity index (χ0) is 17.7. The summed E-state index contributed by atoms with van der Waals surface area (Å²) in [5.41, 5.74) is 0.401. The number of hydrogen-bond acceptors (Lipinski definition) is 5. The maximum atomic E-state index is 12.0. The van der Waals surface area contributed by atoms with Crippen LogP contribution in [0.3, 0.4) is 0 Å². The predicted octanol–water partition coefficient (Wildman–Crippen LogP) is 1.01. The Morgan fingerprint density at radius 3 is 2.21 bits per heavy atom. The summed E-state index contributed by atoms with van der Waals surface area (Å²) in [7, 11) is -3.94. The summed E-state index contributed by atoms with van der Waals surface area (Å²) in [6.45, 7) is -0.728. The number of phenols is 1. The Kier molecular flexibility index (Phi) is 5.17. The molecule has 0 saturated heterocycles. The molecule has 126 valence electrons. The van der Waals surface area contributed by atoms with Gasteiger partial charge in [0.2, 0.25) is 10.0 Å². The van der Waals surface area contributed by atoms with Gasteiger partial charge in [-0.05, 0) is 36.4 Å². The van der Waals surface area contributed by atoms with Gasteiger partial charge in [0.05, 0.1) is 10.5 Å². The molecule has 0 atom stereocenters. The average Bonchev–Trinajstić information content (AvgIpc) is 2.54. The molecular formula is C15H14N2O6S.